The van der Waals surface area contributed by atoms with Crippen molar-refractivity contribution < 1.29 is 19.4 Å². The fraction of sp³-hybridized carbons (Fsp3) is 0.222. The summed E-state index contributed by atoms with van der Waals surface area (Å²) in [5.41, 5.74) is 2.10. The summed E-state index contributed by atoms with van der Waals surface area (Å²) < 4.78 is 5.13. The van der Waals surface area contributed by atoms with Gasteiger partial charge in [0, 0.05) is 30.9 Å². The van der Waals surface area contributed by atoms with E-state index in [-0.39, 0.29) is 16.9 Å². The molecule has 0 bridgehead atoms. The van der Waals surface area contributed by atoms with Crippen LogP contribution in [0.1, 0.15) is 31.8 Å². The van der Waals surface area contributed by atoms with Crippen LogP contribution in [0.2, 0.25) is 0 Å². The Kier molecular flexibility index (Phi) is 4.69. The minimum absolute atomic E-state index is 0.00332. The third kappa shape index (κ3) is 3.34. The number of ether oxygens (including phenoxy) is 1. The van der Waals surface area contributed by atoms with Gasteiger partial charge in [0.25, 0.3) is 0 Å². The molecule has 23 heavy (non-hydrogen) atoms. The largest absolute Gasteiger partial charge is 0.497 e. The number of hydrogen-bond acceptors (Lipinski definition) is 4. The number of carbonyl (C=O) groups excluding carboxylic acids is 1. The van der Waals surface area contributed by atoms with Gasteiger partial charge in [-0.15, -0.1) is 0 Å². The quantitative estimate of drug-likeness (QED) is 0.860. The summed E-state index contributed by atoms with van der Waals surface area (Å²) in [6.45, 7) is 1.80. The zero-order valence-corrected chi connectivity index (χ0v) is 13.6. The number of aromatic carboxylic acids is 1. The molecular formula is C18H19NO4. The van der Waals surface area contributed by atoms with Gasteiger partial charge in [0.15, 0.2) is 5.78 Å². The SMILES string of the molecule is COc1ccc(C(=O)c2ccc(N(C)C)cc2C(=O)O)c(C)c1. The molecule has 120 valence electrons. The van der Waals surface area contributed by atoms with Crippen LogP contribution in [0, 0.1) is 6.92 Å². The van der Waals surface area contributed by atoms with Gasteiger partial charge >= 0.3 is 5.97 Å². The molecule has 0 aliphatic heterocycles. The van der Waals surface area contributed by atoms with Crippen molar-refractivity contribution in [3.8, 4) is 5.75 Å². The van der Waals surface area contributed by atoms with Crippen LogP contribution in [0.25, 0.3) is 0 Å². The zero-order chi connectivity index (χ0) is 17.1. The van der Waals surface area contributed by atoms with Crippen LogP contribution in [0.15, 0.2) is 36.4 Å². The minimum atomic E-state index is -1.12. The molecule has 0 unspecified atom stereocenters. The molecule has 5 nitrogen and oxygen atoms in total. The van der Waals surface area contributed by atoms with Gasteiger partial charge in [-0.25, -0.2) is 4.79 Å². The monoisotopic (exact) mass is 313 g/mol. The Balaban J connectivity index is 2.53. The normalized spacial score (nSPS) is 10.3. The Hall–Kier alpha value is -2.82. The molecule has 0 radical (unpaired) electrons. The molecule has 5 heteroatoms. The second kappa shape index (κ2) is 6.52. The van der Waals surface area contributed by atoms with Gasteiger partial charge in [0.1, 0.15) is 5.75 Å². The molecule has 2 aromatic rings. The van der Waals surface area contributed by atoms with Gasteiger partial charge in [0.05, 0.1) is 12.7 Å². The number of aryl methyl sites for hydroxylation is 1. The Morgan fingerprint density at radius 2 is 1.65 bits per heavy atom. The number of carboxylic acids is 1. The highest BCUT2D eigenvalue weighted by molar-refractivity contribution is 6.15. The minimum Gasteiger partial charge on any atom is -0.497 e. The van der Waals surface area contributed by atoms with Crippen LogP contribution >= 0.6 is 0 Å². The Bertz CT molecular complexity index is 766. The number of nitrogens with zero attached hydrogens (tertiary/aromatic N) is 1. The van der Waals surface area contributed by atoms with Crippen LogP contribution in [0.5, 0.6) is 5.75 Å². The van der Waals surface area contributed by atoms with Crippen LogP contribution < -0.4 is 9.64 Å². The van der Waals surface area contributed by atoms with Gasteiger partial charge in [0.2, 0.25) is 0 Å². The van der Waals surface area contributed by atoms with Gasteiger partial charge in [-0.05, 0) is 48.9 Å². The third-order valence-corrected chi connectivity index (χ3v) is 3.67. The molecule has 2 aromatic carbocycles. The molecule has 0 amide bonds. The summed E-state index contributed by atoms with van der Waals surface area (Å²) in [6, 6.07) is 9.90. The van der Waals surface area contributed by atoms with Gasteiger partial charge in [-0.1, -0.05) is 0 Å². The van der Waals surface area contributed by atoms with Crippen molar-refractivity contribution >= 4 is 17.4 Å². The van der Waals surface area contributed by atoms with Crippen molar-refractivity contribution in [2.24, 2.45) is 0 Å². The lowest BCUT2D eigenvalue weighted by Crippen LogP contribution is -2.14. The van der Waals surface area contributed by atoms with Crippen molar-refractivity contribution in [2.45, 2.75) is 6.92 Å². The lowest BCUT2D eigenvalue weighted by Gasteiger charge is -2.15. The Labute approximate surface area is 135 Å². The summed E-state index contributed by atoms with van der Waals surface area (Å²) >= 11 is 0. The van der Waals surface area contributed by atoms with E-state index in [1.807, 2.05) is 14.1 Å². The van der Waals surface area contributed by atoms with E-state index >= 15 is 0 Å². The van der Waals surface area contributed by atoms with Crippen molar-refractivity contribution in [3.05, 3.63) is 58.7 Å². The average Bonchev–Trinajstić information content (AvgIpc) is 2.53. The molecule has 0 spiro atoms. The molecular weight excluding hydrogens is 294 g/mol. The molecule has 2 rings (SSSR count). The highest BCUT2D eigenvalue weighted by atomic mass is 16.5. The second-order valence-corrected chi connectivity index (χ2v) is 5.44. The topological polar surface area (TPSA) is 66.8 Å². The molecule has 0 saturated carbocycles. The predicted octanol–water partition coefficient (Wildman–Crippen LogP) is 3.00. The first-order valence-corrected chi connectivity index (χ1v) is 7.09. The number of ketones is 1. The highest BCUT2D eigenvalue weighted by Gasteiger charge is 2.20. The Morgan fingerprint density at radius 1 is 1.00 bits per heavy atom. The molecule has 1 N–H and O–H groups in total. The van der Waals surface area contributed by atoms with E-state index in [1.165, 1.54) is 6.07 Å². The molecule has 0 aliphatic carbocycles. The molecule has 0 atom stereocenters. The maximum atomic E-state index is 12.8. The lowest BCUT2D eigenvalue weighted by molar-refractivity contribution is 0.0693. The number of carbonyl (C=O) groups is 2. The summed E-state index contributed by atoms with van der Waals surface area (Å²) in [7, 11) is 5.19. The van der Waals surface area contributed by atoms with Crippen molar-refractivity contribution in [1.29, 1.82) is 0 Å². The average molecular weight is 313 g/mol. The van der Waals surface area contributed by atoms with Gasteiger partial charge in [-0.2, -0.15) is 0 Å². The van der Waals surface area contributed by atoms with Crippen molar-refractivity contribution in [2.75, 3.05) is 26.1 Å². The van der Waals surface area contributed by atoms with Crippen LogP contribution in [0.3, 0.4) is 0 Å². The summed E-state index contributed by atoms with van der Waals surface area (Å²) in [5.74, 6) is -0.781. The standard InChI is InChI=1S/C18H19NO4/c1-11-9-13(23-4)6-8-14(11)17(20)15-7-5-12(19(2)3)10-16(15)18(21)22/h5-10H,1-4H3,(H,21,22). The first-order valence-electron chi connectivity index (χ1n) is 7.09. The molecule has 0 aromatic heterocycles. The number of rotatable bonds is 5. The van der Waals surface area contributed by atoms with Crippen LogP contribution in [0.4, 0.5) is 5.69 Å². The smallest absolute Gasteiger partial charge is 0.336 e. The highest BCUT2D eigenvalue weighted by Crippen LogP contribution is 2.24. The molecule has 0 fully saturated rings. The maximum Gasteiger partial charge on any atom is 0.336 e. The second-order valence-electron chi connectivity index (χ2n) is 5.44. The van der Waals surface area contributed by atoms with E-state index in [0.29, 0.717) is 11.3 Å². The molecule has 0 saturated heterocycles. The predicted molar refractivity (Wildman–Crippen MR) is 88.9 cm³/mol. The number of anilines is 1. The first kappa shape index (κ1) is 16.5. The van der Waals surface area contributed by atoms with E-state index < -0.39 is 5.97 Å². The number of benzene rings is 2. The summed E-state index contributed by atoms with van der Waals surface area (Å²) in [5, 5.41) is 9.43. The zero-order valence-electron chi connectivity index (χ0n) is 13.6. The molecule has 0 heterocycles. The number of hydrogen-bond donors (Lipinski definition) is 1. The maximum absolute atomic E-state index is 12.8. The summed E-state index contributed by atoms with van der Waals surface area (Å²) in [6.07, 6.45) is 0. The van der Waals surface area contributed by atoms with Crippen LogP contribution in [-0.2, 0) is 0 Å². The van der Waals surface area contributed by atoms with E-state index in [2.05, 4.69) is 0 Å². The number of methoxy groups -OCH3 is 1. The van der Waals surface area contributed by atoms with E-state index in [0.717, 1.165) is 11.3 Å². The fourth-order valence-electron chi connectivity index (χ4n) is 2.35. The van der Waals surface area contributed by atoms with Gasteiger partial charge in [-0.3, -0.25) is 4.79 Å². The van der Waals surface area contributed by atoms with Crippen molar-refractivity contribution in [3.63, 3.8) is 0 Å². The van der Waals surface area contributed by atoms with E-state index in [9.17, 15) is 14.7 Å². The number of carboxylic acid groups (broad SMARTS) is 1. The fourth-order valence-corrected chi connectivity index (χ4v) is 2.35. The van der Waals surface area contributed by atoms with E-state index in [4.69, 9.17) is 4.74 Å². The lowest BCUT2D eigenvalue weighted by atomic mass is 9.95. The van der Waals surface area contributed by atoms with Crippen LogP contribution in [-0.4, -0.2) is 38.1 Å². The van der Waals surface area contributed by atoms with Gasteiger partial charge < -0.3 is 14.7 Å². The summed E-state index contributed by atoms with van der Waals surface area (Å²) in [4.78, 5) is 26.1. The Morgan fingerprint density at radius 3 is 2.17 bits per heavy atom. The molecule has 0 aliphatic rings. The van der Waals surface area contributed by atoms with Crippen molar-refractivity contribution in [1.82, 2.24) is 0 Å². The van der Waals surface area contributed by atoms with E-state index in [1.54, 1.807) is 49.3 Å². The first-order chi connectivity index (χ1) is 10.8. The third-order valence-electron chi connectivity index (χ3n) is 3.67.